The average Bonchev–Trinajstić information content (AvgIpc) is 3.10. The largest absolute Gasteiger partial charge is 0.497 e. The normalized spacial score (nSPS) is 14.4. The molecule has 2 heterocycles. The molecule has 1 N–H and O–H groups in total. The van der Waals surface area contributed by atoms with Crippen molar-refractivity contribution in [1.82, 2.24) is 20.2 Å². The molecule has 0 aliphatic carbocycles. The Hall–Kier alpha value is -5.55. The third-order valence-corrected chi connectivity index (χ3v) is 8.56. The van der Waals surface area contributed by atoms with E-state index in [1.165, 1.54) is 22.8 Å². The van der Waals surface area contributed by atoms with Gasteiger partial charge in [0.25, 0.3) is 11.5 Å². The van der Waals surface area contributed by atoms with Crippen molar-refractivity contribution in [1.29, 1.82) is 0 Å². The number of nitrogens with one attached hydrogen (secondary N) is 1. The number of aromatic nitrogens is 2. The van der Waals surface area contributed by atoms with Crippen molar-refractivity contribution in [3.05, 3.63) is 131 Å². The van der Waals surface area contributed by atoms with E-state index in [0.717, 1.165) is 10.2 Å². The van der Waals surface area contributed by atoms with Gasteiger partial charge in [-0.15, -0.1) is 11.8 Å². The summed E-state index contributed by atoms with van der Waals surface area (Å²) in [6.45, 7) is 0. The van der Waals surface area contributed by atoms with E-state index >= 15 is 0 Å². The molecule has 0 saturated carbocycles. The number of carbonyl (C=O) groups is 2. The van der Waals surface area contributed by atoms with E-state index in [2.05, 4.69) is 10.5 Å². The topological polar surface area (TPSA) is 112 Å². The molecule has 0 spiro atoms. The van der Waals surface area contributed by atoms with Crippen molar-refractivity contribution < 1.29 is 23.8 Å². The van der Waals surface area contributed by atoms with Crippen LogP contribution in [0.1, 0.15) is 27.8 Å². The van der Waals surface area contributed by atoms with Gasteiger partial charge in [0, 0.05) is 23.8 Å². The molecular weight excluding hydrogens is 604 g/mol. The molecular formula is C35H30N4O6S. The van der Waals surface area contributed by atoms with Crippen LogP contribution in [-0.4, -0.2) is 46.6 Å². The Labute approximate surface area is 269 Å². The molecule has 46 heavy (non-hydrogen) atoms. The number of para-hydroxylation sites is 1. The first-order valence-corrected chi connectivity index (χ1v) is 15.5. The van der Waals surface area contributed by atoms with E-state index in [-0.39, 0.29) is 18.0 Å². The van der Waals surface area contributed by atoms with Gasteiger partial charge in [-0.3, -0.25) is 19.8 Å². The van der Waals surface area contributed by atoms with Crippen LogP contribution in [0, 0.1) is 0 Å². The fraction of sp³-hybridized carbons (Fsp3) is 0.143. The predicted octanol–water partition coefficient (Wildman–Crippen LogP) is 6.02. The second kappa shape index (κ2) is 13.6. The lowest BCUT2D eigenvalue weighted by atomic mass is 10.0. The van der Waals surface area contributed by atoms with Crippen LogP contribution in [0.5, 0.6) is 23.0 Å². The van der Waals surface area contributed by atoms with Crippen molar-refractivity contribution in [2.75, 3.05) is 20.0 Å². The molecule has 0 radical (unpaired) electrons. The third kappa shape index (κ3) is 6.59. The molecule has 1 aliphatic heterocycles. The van der Waals surface area contributed by atoms with Crippen LogP contribution in [0.15, 0.2) is 114 Å². The van der Waals surface area contributed by atoms with Gasteiger partial charge < -0.3 is 14.2 Å². The zero-order valence-corrected chi connectivity index (χ0v) is 25.9. The number of ether oxygens (including phenoxy) is 3. The van der Waals surface area contributed by atoms with Crippen molar-refractivity contribution in [3.8, 4) is 39.8 Å². The molecule has 1 fully saturated rings. The Kier molecular flexibility index (Phi) is 9.02. The summed E-state index contributed by atoms with van der Waals surface area (Å²) in [7, 11) is 3.10. The number of hydrogen-bond acceptors (Lipinski definition) is 8. The first-order valence-electron chi connectivity index (χ1n) is 14.4. The molecule has 0 bridgehead atoms. The summed E-state index contributed by atoms with van der Waals surface area (Å²) in [5.74, 6) is 2.30. The van der Waals surface area contributed by atoms with Gasteiger partial charge in [-0.25, -0.2) is 5.01 Å². The van der Waals surface area contributed by atoms with Crippen LogP contribution in [-0.2, 0) is 4.79 Å². The molecule has 4 aromatic carbocycles. The van der Waals surface area contributed by atoms with Crippen LogP contribution in [0.3, 0.4) is 0 Å². The van der Waals surface area contributed by atoms with E-state index in [1.54, 1.807) is 62.8 Å². The van der Waals surface area contributed by atoms with Gasteiger partial charge in [0.2, 0.25) is 5.91 Å². The van der Waals surface area contributed by atoms with Gasteiger partial charge in [-0.05, 0) is 71.8 Å². The number of amides is 2. The second-order valence-electron chi connectivity index (χ2n) is 10.2. The number of nitrogens with zero attached hydrogens (tertiary/aromatic N) is 3. The number of rotatable bonds is 9. The SMILES string of the molecule is COc1ccc(-c2cc(=O)n(-c3ccc(OC)cc3)nc2C(=O)NN2C(=O)CCSC2c2ccc(Oc3ccccc3)cc2)cc1. The Balaban J connectivity index is 1.33. The van der Waals surface area contributed by atoms with Gasteiger partial charge in [0.1, 0.15) is 28.4 Å². The molecule has 2 amide bonds. The molecule has 1 aliphatic rings. The van der Waals surface area contributed by atoms with E-state index in [4.69, 9.17) is 14.2 Å². The summed E-state index contributed by atoms with van der Waals surface area (Å²) in [5.41, 5.74) is 4.49. The summed E-state index contributed by atoms with van der Waals surface area (Å²) in [5, 5.41) is 5.36. The number of hydrogen-bond donors (Lipinski definition) is 1. The van der Waals surface area contributed by atoms with Gasteiger partial charge >= 0.3 is 0 Å². The Morgan fingerprint density at radius 3 is 2.07 bits per heavy atom. The van der Waals surface area contributed by atoms with Crippen molar-refractivity contribution >= 4 is 23.6 Å². The highest BCUT2D eigenvalue weighted by Crippen LogP contribution is 2.37. The van der Waals surface area contributed by atoms with Crippen molar-refractivity contribution in [2.24, 2.45) is 0 Å². The van der Waals surface area contributed by atoms with Crippen molar-refractivity contribution in [3.63, 3.8) is 0 Å². The highest BCUT2D eigenvalue weighted by atomic mass is 32.2. The van der Waals surface area contributed by atoms with Crippen molar-refractivity contribution in [2.45, 2.75) is 11.8 Å². The maximum atomic E-state index is 14.0. The van der Waals surface area contributed by atoms with Crippen LogP contribution in [0.2, 0.25) is 0 Å². The van der Waals surface area contributed by atoms with Gasteiger partial charge in [-0.1, -0.05) is 42.5 Å². The fourth-order valence-corrected chi connectivity index (χ4v) is 6.14. The minimum atomic E-state index is -0.641. The molecule has 1 saturated heterocycles. The molecule has 1 unspecified atom stereocenters. The summed E-state index contributed by atoms with van der Waals surface area (Å²) >= 11 is 1.53. The maximum Gasteiger partial charge on any atom is 0.291 e. The lowest BCUT2D eigenvalue weighted by Gasteiger charge is -2.35. The van der Waals surface area contributed by atoms with Gasteiger partial charge in [0.15, 0.2) is 5.69 Å². The average molecular weight is 635 g/mol. The predicted molar refractivity (Wildman–Crippen MR) is 175 cm³/mol. The zero-order valence-electron chi connectivity index (χ0n) is 25.1. The lowest BCUT2D eigenvalue weighted by molar-refractivity contribution is -0.134. The van der Waals surface area contributed by atoms with E-state index in [9.17, 15) is 14.4 Å². The monoisotopic (exact) mass is 634 g/mol. The second-order valence-corrected chi connectivity index (χ2v) is 11.4. The summed E-state index contributed by atoms with van der Waals surface area (Å²) in [6.07, 6.45) is 0.251. The standard InChI is InChI=1S/C35H30N4O6S/c1-43-26-14-8-23(9-15-26)30-22-32(41)38(25-12-18-27(44-2)19-13-25)36-33(30)34(42)37-39-31(40)20-21-46-35(39)24-10-16-29(17-11-24)45-28-6-4-3-5-7-28/h3-19,22,35H,20-21H2,1-2H3,(H,37,42). The van der Waals surface area contributed by atoms with E-state index in [0.29, 0.717) is 45.6 Å². The van der Waals surface area contributed by atoms with E-state index < -0.39 is 16.8 Å². The molecule has 1 aromatic heterocycles. The summed E-state index contributed by atoms with van der Waals surface area (Å²) < 4.78 is 17.6. The number of benzene rings is 4. The number of hydrazine groups is 1. The first-order chi connectivity index (χ1) is 22.4. The molecule has 1 atom stereocenters. The van der Waals surface area contributed by atoms with E-state index in [1.807, 2.05) is 54.6 Å². The zero-order chi connectivity index (χ0) is 32.0. The molecule has 11 heteroatoms. The minimum Gasteiger partial charge on any atom is -0.497 e. The van der Waals surface area contributed by atoms with Gasteiger partial charge in [-0.2, -0.15) is 9.78 Å². The molecule has 10 nitrogen and oxygen atoms in total. The first kappa shape index (κ1) is 30.5. The van der Waals surface area contributed by atoms with Gasteiger partial charge in [0.05, 0.1) is 19.9 Å². The smallest absolute Gasteiger partial charge is 0.291 e. The Morgan fingerprint density at radius 1 is 0.804 bits per heavy atom. The molecule has 5 aromatic rings. The maximum absolute atomic E-state index is 14.0. The van der Waals surface area contributed by atoms with Crippen LogP contribution >= 0.6 is 11.8 Å². The third-order valence-electron chi connectivity index (χ3n) is 7.33. The van der Waals surface area contributed by atoms with Crippen LogP contribution in [0.25, 0.3) is 16.8 Å². The molecule has 232 valence electrons. The van der Waals surface area contributed by atoms with Crippen LogP contribution < -0.4 is 25.2 Å². The number of carbonyl (C=O) groups excluding carboxylic acids is 2. The Bertz CT molecular complexity index is 1900. The minimum absolute atomic E-state index is 0.0330. The highest BCUT2D eigenvalue weighted by Gasteiger charge is 2.33. The van der Waals surface area contributed by atoms with Crippen LogP contribution in [0.4, 0.5) is 0 Å². The molecule has 6 rings (SSSR count). The fourth-order valence-electron chi connectivity index (χ4n) is 4.96. The lowest BCUT2D eigenvalue weighted by Crippen LogP contribution is -2.50. The number of thioether (sulfide) groups is 1. The quantitative estimate of drug-likeness (QED) is 0.210. The number of methoxy groups -OCH3 is 2. The summed E-state index contributed by atoms with van der Waals surface area (Å²) in [4.78, 5) is 40.6. The summed E-state index contributed by atoms with van der Waals surface area (Å²) in [6, 6.07) is 31.9. The Morgan fingerprint density at radius 2 is 1.41 bits per heavy atom. The highest BCUT2D eigenvalue weighted by molar-refractivity contribution is 7.99.